The van der Waals surface area contributed by atoms with E-state index >= 15 is 0 Å². The maximum absolute atomic E-state index is 10.2. The molecule has 0 radical (unpaired) electrons. The molecule has 3 nitrogen and oxygen atoms in total. The Kier molecular flexibility index (Phi) is 2.32. The van der Waals surface area contributed by atoms with Gasteiger partial charge in [0.1, 0.15) is 5.75 Å². The van der Waals surface area contributed by atoms with Gasteiger partial charge in [-0.1, -0.05) is 19.9 Å². The topological polar surface area (TPSA) is 60.7 Å². The van der Waals surface area contributed by atoms with Crippen molar-refractivity contribution in [2.24, 2.45) is 0 Å². The van der Waals surface area contributed by atoms with E-state index < -0.39 is 0 Å². The third-order valence-electron chi connectivity index (χ3n) is 5.95. The molecule has 2 aromatic rings. The summed E-state index contributed by atoms with van der Waals surface area (Å²) in [5.74, 6) is 0.183. The van der Waals surface area contributed by atoms with Gasteiger partial charge in [0, 0.05) is 10.8 Å². The lowest BCUT2D eigenvalue weighted by atomic mass is 9.50. The highest BCUT2D eigenvalue weighted by Gasteiger charge is 2.52. The standard InChI is InChI=1S/C19H20O3/c1-10-6-11-12(7-15(10)20)19(3)5-4-18(11,2)13-8-16(21)17(22)9-14(13)19/h6-9,20-22H,4-5H2,1-3H3/t18-,19+/m1/s1. The van der Waals surface area contributed by atoms with Gasteiger partial charge in [-0.05, 0) is 65.8 Å². The molecule has 0 unspecified atom stereocenters. The van der Waals surface area contributed by atoms with Crippen LogP contribution in [0.5, 0.6) is 17.2 Å². The molecular weight excluding hydrogens is 276 g/mol. The van der Waals surface area contributed by atoms with Crippen LogP contribution in [0.15, 0.2) is 24.3 Å². The third-order valence-corrected chi connectivity index (χ3v) is 5.95. The molecule has 2 bridgehead atoms. The van der Waals surface area contributed by atoms with Crippen LogP contribution in [0.25, 0.3) is 0 Å². The van der Waals surface area contributed by atoms with Crippen LogP contribution in [-0.4, -0.2) is 15.3 Å². The molecule has 22 heavy (non-hydrogen) atoms. The fourth-order valence-electron chi connectivity index (χ4n) is 4.43. The summed E-state index contributed by atoms with van der Waals surface area (Å²) in [6.45, 7) is 6.27. The molecule has 114 valence electrons. The van der Waals surface area contributed by atoms with E-state index in [4.69, 9.17) is 0 Å². The minimum Gasteiger partial charge on any atom is -0.508 e. The summed E-state index contributed by atoms with van der Waals surface area (Å²) in [5, 5.41) is 30.1. The second kappa shape index (κ2) is 3.78. The third kappa shape index (κ3) is 1.37. The van der Waals surface area contributed by atoms with Crippen LogP contribution in [0.2, 0.25) is 0 Å². The van der Waals surface area contributed by atoms with Crippen molar-refractivity contribution in [3.8, 4) is 17.2 Å². The number of phenolic OH excluding ortho intramolecular Hbond substituents is 3. The van der Waals surface area contributed by atoms with Crippen molar-refractivity contribution in [1.82, 2.24) is 0 Å². The zero-order valence-corrected chi connectivity index (χ0v) is 13.1. The highest BCUT2D eigenvalue weighted by atomic mass is 16.3. The van der Waals surface area contributed by atoms with E-state index in [1.807, 2.05) is 13.0 Å². The number of rotatable bonds is 0. The molecule has 3 N–H and O–H groups in total. The molecule has 2 aromatic carbocycles. The monoisotopic (exact) mass is 296 g/mol. The van der Waals surface area contributed by atoms with Crippen molar-refractivity contribution < 1.29 is 15.3 Å². The highest BCUT2D eigenvalue weighted by molar-refractivity contribution is 5.66. The summed E-state index contributed by atoms with van der Waals surface area (Å²) >= 11 is 0. The molecule has 0 heterocycles. The molecule has 3 heteroatoms. The Bertz CT molecular complexity index is 692. The maximum Gasteiger partial charge on any atom is 0.157 e. The van der Waals surface area contributed by atoms with Crippen molar-refractivity contribution in [2.45, 2.75) is 44.4 Å². The normalized spacial score (nSPS) is 28.3. The molecule has 0 fully saturated rings. The van der Waals surface area contributed by atoms with E-state index in [2.05, 4.69) is 19.9 Å². The van der Waals surface area contributed by atoms with Gasteiger partial charge < -0.3 is 15.3 Å². The lowest BCUT2D eigenvalue weighted by molar-refractivity contribution is 0.318. The smallest absolute Gasteiger partial charge is 0.157 e. The predicted molar refractivity (Wildman–Crippen MR) is 84.8 cm³/mol. The number of fused-ring (bicyclic) bond motifs is 1. The Labute approximate surface area is 129 Å². The van der Waals surface area contributed by atoms with Crippen LogP contribution in [-0.2, 0) is 10.8 Å². The van der Waals surface area contributed by atoms with Gasteiger partial charge in [0.25, 0.3) is 0 Å². The van der Waals surface area contributed by atoms with Gasteiger partial charge in [0.15, 0.2) is 11.5 Å². The largest absolute Gasteiger partial charge is 0.508 e. The molecule has 2 atom stereocenters. The summed E-state index contributed by atoms with van der Waals surface area (Å²) in [6, 6.07) is 7.37. The second-order valence-corrected chi connectivity index (χ2v) is 7.23. The molecule has 0 saturated carbocycles. The fraction of sp³-hybridized carbons (Fsp3) is 0.368. The van der Waals surface area contributed by atoms with E-state index in [9.17, 15) is 15.3 Å². The Balaban J connectivity index is 2.13. The number of hydrogen-bond acceptors (Lipinski definition) is 3. The Morgan fingerprint density at radius 3 is 1.50 bits per heavy atom. The Morgan fingerprint density at radius 1 is 0.682 bits per heavy atom. The zero-order chi connectivity index (χ0) is 15.9. The lowest BCUT2D eigenvalue weighted by Crippen LogP contribution is -2.46. The van der Waals surface area contributed by atoms with Crippen LogP contribution >= 0.6 is 0 Å². The lowest BCUT2D eigenvalue weighted by Gasteiger charge is -2.53. The van der Waals surface area contributed by atoms with Gasteiger partial charge in [-0.15, -0.1) is 0 Å². The number of hydrogen-bond donors (Lipinski definition) is 3. The van der Waals surface area contributed by atoms with E-state index in [-0.39, 0.29) is 22.3 Å². The van der Waals surface area contributed by atoms with E-state index in [1.54, 1.807) is 12.1 Å². The van der Waals surface area contributed by atoms with E-state index in [1.165, 1.54) is 5.56 Å². The van der Waals surface area contributed by atoms with Crippen molar-refractivity contribution in [1.29, 1.82) is 0 Å². The van der Waals surface area contributed by atoms with Crippen LogP contribution in [0.4, 0.5) is 0 Å². The first-order valence-corrected chi connectivity index (χ1v) is 7.69. The summed E-state index contributed by atoms with van der Waals surface area (Å²) in [4.78, 5) is 0. The first-order chi connectivity index (χ1) is 10.3. The van der Waals surface area contributed by atoms with Crippen LogP contribution in [0, 0.1) is 6.92 Å². The molecule has 3 aliphatic carbocycles. The fourth-order valence-corrected chi connectivity index (χ4v) is 4.43. The molecule has 5 rings (SSSR count). The van der Waals surface area contributed by atoms with Crippen LogP contribution in [0.3, 0.4) is 0 Å². The van der Waals surface area contributed by atoms with Crippen molar-refractivity contribution in [3.05, 3.63) is 52.1 Å². The van der Waals surface area contributed by atoms with Gasteiger partial charge in [0.2, 0.25) is 0 Å². The van der Waals surface area contributed by atoms with Crippen molar-refractivity contribution in [3.63, 3.8) is 0 Å². The summed E-state index contributed by atoms with van der Waals surface area (Å²) in [5.41, 5.74) is 4.98. The van der Waals surface area contributed by atoms with Gasteiger partial charge in [-0.3, -0.25) is 0 Å². The Morgan fingerprint density at radius 2 is 1.05 bits per heavy atom. The van der Waals surface area contributed by atoms with Gasteiger partial charge in [-0.2, -0.15) is 0 Å². The average Bonchev–Trinajstić information content (AvgIpc) is 2.46. The van der Waals surface area contributed by atoms with E-state index in [0.717, 1.165) is 35.1 Å². The SMILES string of the molecule is Cc1cc2c(cc1O)[C@]1(C)CC[C@@]2(C)c2cc(O)c(O)cc21. The first kappa shape index (κ1) is 13.5. The summed E-state index contributed by atoms with van der Waals surface area (Å²) in [6.07, 6.45) is 1.97. The summed E-state index contributed by atoms with van der Waals surface area (Å²) < 4.78 is 0. The average molecular weight is 296 g/mol. The molecule has 0 amide bonds. The van der Waals surface area contributed by atoms with Gasteiger partial charge in [-0.25, -0.2) is 0 Å². The highest BCUT2D eigenvalue weighted by Crippen LogP contribution is 2.61. The summed E-state index contributed by atoms with van der Waals surface area (Å²) in [7, 11) is 0. The van der Waals surface area contributed by atoms with Gasteiger partial charge >= 0.3 is 0 Å². The minimum absolute atomic E-state index is 0.0619. The van der Waals surface area contributed by atoms with Crippen molar-refractivity contribution in [2.75, 3.05) is 0 Å². The zero-order valence-electron chi connectivity index (χ0n) is 13.1. The van der Waals surface area contributed by atoms with Gasteiger partial charge in [0.05, 0.1) is 0 Å². The number of aromatic hydroxyl groups is 3. The first-order valence-electron chi connectivity index (χ1n) is 7.69. The molecule has 3 aliphatic rings. The molecule has 0 spiro atoms. The Hall–Kier alpha value is -2.16. The number of phenols is 3. The molecular formula is C19H20O3. The molecule has 0 saturated heterocycles. The predicted octanol–water partition coefficient (Wildman–Crippen LogP) is 3.83. The van der Waals surface area contributed by atoms with Crippen LogP contribution in [0.1, 0.15) is 54.5 Å². The maximum atomic E-state index is 10.2. The van der Waals surface area contributed by atoms with E-state index in [0.29, 0.717) is 5.75 Å². The van der Waals surface area contributed by atoms with Crippen LogP contribution < -0.4 is 0 Å². The number of aryl methyl sites for hydroxylation is 1. The molecule has 0 aliphatic heterocycles. The number of benzene rings is 2. The molecule has 0 aromatic heterocycles. The second-order valence-electron chi connectivity index (χ2n) is 7.23. The van der Waals surface area contributed by atoms with Crippen molar-refractivity contribution >= 4 is 0 Å². The quantitative estimate of drug-likeness (QED) is 0.647. The minimum atomic E-state index is -0.237.